The van der Waals surface area contributed by atoms with Crippen molar-refractivity contribution >= 4 is 23.0 Å². The molecule has 0 spiro atoms. The third kappa shape index (κ3) is 4.73. The largest absolute Gasteiger partial charge is 0.391 e. The zero-order valence-electron chi connectivity index (χ0n) is 20.5. The first kappa shape index (κ1) is 25.1. The molecular weight excluding hydrogens is 477 g/mol. The van der Waals surface area contributed by atoms with Gasteiger partial charge in [-0.2, -0.15) is 13.2 Å². The van der Waals surface area contributed by atoms with E-state index >= 15 is 0 Å². The number of carbonyl (C=O) groups is 1. The minimum atomic E-state index is -4.23. The molecule has 1 aromatic carbocycles. The van der Waals surface area contributed by atoms with Crippen LogP contribution in [-0.4, -0.2) is 52.4 Å². The highest BCUT2D eigenvalue weighted by molar-refractivity contribution is 6.02. The number of hydrogen-bond donors (Lipinski definition) is 3. The van der Waals surface area contributed by atoms with Crippen LogP contribution in [0.15, 0.2) is 12.1 Å². The van der Waals surface area contributed by atoms with Crippen LogP contribution in [-0.2, 0) is 0 Å². The Morgan fingerprint density at radius 2 is 1.75 bits per heavy atom. The van der Waals surface area contributed by atoms with Crippen molar-refractivity contribution in [3.63, 3.8) is 0 Å². The second-order valence-electron chi connectivity index (χ2n) is 11.6. The van der Waals surface area contributed by atoms with Crippen molar-refractivity contribution in [2.24, 2.45) is 17.8 Å². The Hall–Kier alpha value is -2.56. The summed E-state index contributed by atoms with van der Waals surface area (Å²) in [6, 6.07) is 2.51. The van der Waals surface area contributed by atoms with Crippen molar-refractivity contribution in [3.05, 3.63) is 27.8 Å². The van der Waals surface area contributed by atoms with Crippen molar-refractivity contribution in [3.8, 4) is 0 Å². The number of anilines is 2. The highest BCUT2D eigenvalue weighted by Gasteiger charge is 2.55. The van der Waals surface area contributed by atoms with E-state index in [1.54, 1.807) is 19.9 Å². The number of piperidine rings is 1. The van der Waals surface area contributed by atoms with E-state index in [2.05, 4.69) is 15.5 Å². The van der Waals surface area contributed by atoms with Crippen LogP contribution < -0.4 is 15.5 Å². The van der Waals surface area contributed by atoms with Crippen LogP contribution in [0.5, 0.6) is 0 Å². The highest BCUT2D eigenvalue weighted by Crippen LogP contribution is 2.51. The third-order valence-corrected chi connectivity index (χ3v) is 8.70. The van der Waals surface area contributed by atoms with Gasteiger partial charge in [0.1, 0.15) is 5.69 Å². The van der Waals surface area contributed by atoms with Gasteiger partial charge in [-0.3, -0.25) is 14.9 Å². The molecule has 3 aliphatic carbocycles. The molecule has 1 saturated heterocycles. The van der Waals surface area contributed by atoms with Crippen molar-refractivity contribution in [2.75, 3.05) is 23.3 Å². The topological polar surface area (TPSA) is 108 Å². The number of alkyl halides is 3. The van der Waals surface area contributed by atoms with Crippen LogP contribution in [0, 0.1) is 27.9 Å². The maximum Gasteiger partial charge on any atom is 0.391 e. The summed E-state index contributed by atoms with van der Waals surface area (Å²) >= 11 is 0. The number of carbonyl (C=O) groups excluding carboxylic acids is 1. The van der Waals surface area contributed by atoms with E-state index in [4.69, 9.17) is 0 Å². The van der Waals surface area contributed by atoms with Crippen LogP contribution in [0.25, 0.3) is 0 Å². The van der Waals surface area contributed by atoms with E-state index in [1.165, 1.54) is 6.07 Å². The number of nitro benzene ring substituents is 1. The lowest BCUT2D eigenvalue weighted by Crippen LogP contribution is -2.44. The summed E-state index contributed by atoms with van der Waals surface area (Å²) < 4.78 is 39.1. The molecule has 8 nitrogen and oxygen atoms in total. The lowest BCUT2D eigenvalue weighted by Gasteiger charge is -2.32. The number of hydrogen-bond acceptors (Lipinski definition) is 6. The Bertz CT molecular complexity index is 1050. The van der Waals surface area contributed by atoms with Crippen molar-refractivity contribution < 1.29 is 28.0 Å². The fourth-order valence-electron chi connectivity index (χ4n) is 5.97. The van der Waals surface area contributed by atoms with Crippen molar-refractivity contribution in [1.82, 2.24) is 5.32 Å². The maximum atomic E-state index is 13.4. The van der Waals surface area contributed by atoms with Crippen LogP contribution in [0.3, 0.4) is 0 Å². The van der Waals surface area contributed by atoms with Crippen LogP contribution in [0.1, 0.15) is 69.2 Å². The number of nitrogens with one attached hydrogen (secondary N) is 2. The molecule has 4 fully saturated rings. The minimum Gasteiger partial charge on any atom is -0.388 e. The molecule has 3 saturated carbocycles. The van der Waals surface area contributed by atoms with Gasteiger partial charge in [0.15, 0.2) is 0 Å². The Morgan fingerprint density at radius 3 is 2.25 bits per heavy atom. The minimum absolute atomic E-state index is 0.0428. The van der Waals surface area contributed by atoms with Gasteiger partial charge >= 0.3 is 6.18 Å². The van der Waals surface area contributed by atoms with Gasteiger partial charge in [0.05, 0.1) is 33.2 Å². The summed E-state index contributed by atoms with van der Waals surface area (Å²) in [6.45, 7) is 4.86. The molecular formula is C25H33F3N4O4. The third-order valence-electron chi connectivity index (χ3n) is 8.70. The molecule has 1 amide bonds. The summed E-state index contributed by atoms with van der Waals surface area (Å²) in [5, 5.41) is 28.7. The summed E-state index contributed by atoms with van der Waals surface area (Å²) in [7, 11) is 0. The SMILES string of the molecule is CC(C)(O)C1(Nc2cc(N3CC4CC4C3)c(C(=O)NC3CCC(C(F)(F)F)CC3)cc2[N+](=O)[O-])CC1. The van der Waals surface area contributed by atoms with Gasteiger partial charge in [-0.1, -0.05) is 0 Å². The predicted octanol–water partition coefficient (Wildman–Crippen LogP) is 4.62. The van der Waals surface area contributed by atoms with E-state index in [9.17, 15) is 33.2 Å². The predicted molar refractivity (Wildman–Crippen MR) is 128 cm³/mol. The Morgan fingerprint density at radius 1 is 1.14 bits per heavy atom. The lowest BCUT2D eigenvalue weighted by molar-refractivity contribution is -0.384. The molecule has 3 N–H and O–H groups in total. The first-order chi connectivity index (χ1) is 16.8. The fraction of sp³-hybridized carbons (Fsp3) is 0.720. The second-order valence-corrected chi connectivity index (χ2v) is 11.6. The van der Waals surface area contributed by atoms with E-state index in [-0.39, 0.29) is 42.6 Å². The van der Waals surface area contributed by atoms with Crippen molar-refractivity contribution in [2.45, 2.75) is 82.2 Å². The van der Waals surface area contributed by atoms with Gasteiger partial charge in [-0.15, -0.1) is 0 Å². The zero-order chi connectivity index (χ0) is 26.0. The molecule has 11 heteroatoms. The number of aliphatic hydroxyl groups is 1. The maximum absolute atomic E-state index is 13.4. The monoisotopic (exact) mass is 510 g/mol. The second kappa shape index (κ2) is 8.49. The molecule has 4 aliphatic rings. The Kier molecular flexibility index (Phi) is 5.92. The highest BCUT2D eigenvalue weighted by atomic mass is 19.4. The van der Waals surface area contributed by atoms with E-state index < -0.39 is 40.1 Å². The summed E-state index contributed by atoms with van der Waals surface area (Å²) in [4.78, 5) is 26.9. The van der Waals surface area contributed by atoms with E-state index in [1.807, 2.05) is 0 Å². The normalized spacial score (nSPS) is 28.9. The van der Waals surface area contributed by atoms with E-state index in [0.717, 1.165) is 19.5 Å². The first-order valence-corrected chi connectivity index (χ1v) is 12.7. The quantitative estimate of drug-likeness (QED) is 0.365. The molecule has 2 unspecified atom stereocenters. The number of halogens is 3. The summed E-state index contributed by atoms with van der Waals surface area (Å²) in [5.41, 5.74) is -1.02. The zero-order valence-corrected chi connectivity index (χ0v) is 20.5. The number of nitrogens with zero attached hydrogens (tertiary/aromatic N) is 2. The van der Waals surface area contributed by atoms with Gasteiger partial charge in [0, 0.05) is 25.2 Å². The summed E-state index contributed by atoms with van der Waals surface area (Å²) in [5.74, 6) is -0.749. The molecule has 1 aliphatic heterocycles. The number of benzene rings is 1. The lowest BCUT2D eigenvalue weighted by atomic mass is 9.85. The van der Waals surface area contributed by atoms with Gasteiger partial charge in [0.25, 0.3) is 11.6 Å². The number of amides is 1. The van der Waals surface area contributed by atoms with Crippen LogP contribution >= 0.6 is 0 Å². The standard InChI is InChI=1S/C25H33F3N4O4/c1-23(2,34)24(7-8-24)30-19-11-20(31-12-14-9-15(14)13-31)18(10-21(19)32(35)36)22(33)29-17-5-3-16(4-6-17)25(26,27)28/h10-11,14-17,30,34H,3-9,12-13H2,1-2H3,(H,29,33). The molecule has 0 bridgehead atoms. The summed E-state index contributed by atoms with van der Waals surface area (Å²) in [6.07, 6.45) is -1.41. The van der Waals surface area contributed by atoms with E-state index in [0.29, 0.717) is 30.4 Å². The van der Waals surface area contributed by atoms with Gasteiger partial charge < -0.3 is 20.6 Å². The van der Waals surface area contributed by atoms with Crippen LogP contribution in [0.4, 0.5) is 30.2 Å². The number of nitro groups is 1. The average Bonchev–Trinajstić information content (AvgIpc) is 3.70. The number of fused-ring (bicyclic) bond motifs is 1. The van der Waals surface area contributed by atoms with Crippen molar-refractivity contribution in [1.29, 1.82) is 0 Å². The molecule has 1 aromatic rings. The molecule has 1 heterocycles. The van der Waals surface area contributed by atoms with Crippen LogP contribution in [0.2, 0.25) is 0 Å². The molecule has 198 valence electrons. The smallest absolute Gasteiger partial charge is 0.388 e. The van der Waals surface area contributed by atoms with Gasteiger partial charge in [-0.25, -0.2) is 0 Å². The Labute approximate surface area is 207 Å². The molecule has 2 atom stereocenters. The number of rotatable bonds is 7. The molecule has 0 radical (unpaired) electrons. The average molecular weight is 511 g/mol. The Balaban J connectivity index is 1.42. The molecule has 36 heavy (non-hydrogen) atoms. The van der Waals surface area contributed by atoms with Gasteiger partial charge in [-0.05, 0) is 76.7 Å². The molecule has 5 rings (SSSR count). The molecule has 0 aromatic heterocycles. The fourth-order valence-corrected chi connectivity index (χ4v) is 5.97. The first-order valence-electron chi connectivity index (χ1n) is 12.7. The van der Waals surface area contributed by atoms with Gasteiger partial charge in [0.2, 0.25) is 0 Å².